The monoisotopic (exact) mass is 230 g/mol. The lowest BCUT2D eigenvalue weighted by molar-refractivity contribution is 0.112. The Balaban J connectivity index is 2.60. The van der Waals surface area contributed by atoms with E-state index in [0.29, 0.717) is 23.0 Å². The summed E-state index contributed by atoms with van der Waals surface area (Å²) >= 11 is 0. The topological polar surface area (TPSA) is 37.3 Å². The van der Waals surface area contributed by atoms with Crippen molar-refractivity contribution in [2.24, 2.45) is 0 Å². The molecule has 0 saturated carbocycles. The number of carbonyl (C=O) groups excluding carboxylic acids is 1. The van der Waals surface area contributed by atoms with Crippen LogP contribution in [0.4, 0.5) is 4.39 Å². The highest BCUT2D eigenvalue weighted by molar-refractivity contribution is 5.85. The Morgan fingerprint density at radius 2 is 2.00 bits per heavy atom. The average molecular weight is 230 g/mol. The van der Waals surface area contributed by atoms with Gasteiger partial charge in [0, 0.05) is 5.56 Å². The van der Waals surface area contributed by atoms with Gasteiger partial charge in [-0.05, 0) is 36.2 Å². The molecule has 1 N–H and O–H groups in total. The molecule has 0 aliphatic heterocycles. The Morgan fingerprint density at radius 3 is 2.65 bits per heavy atom. The number of para-hydroxylation sites is 1. The van der Waals surface area contributed by atoms with Gasteiger partial charge in [0.1, 0.15) is 11.6 Å². The van der Waals surface area contributed by atoms with Crippen LogP contribution in [0.3, 0.4) is 0 Å². The van der Waals surface area contributed by atoms with Crippen LogP contribution in [0, 0.1) is 12.7 Å². The van der Waals surface area contributed by atoms with Gasteiger partial charge in [-0.25, -0.2) is 4.39 Å². The van der Waals surface area contributed by atoms with E-state index in [2.05, 4.69) is 0 Å². The van der Waals surface area contributed by atoms with Gasteiger partial charge < -0.3 is 5.11 Å². The Hall–Kier alpha value is -2.16. The van der Waals surface area contributed by atoms with Gasteiger partial charge in [-0.3, -0.25) is 4.79 Å². The zero-order valence-corrected chi connectivity index (χ0v) is 9.27. The summed E-state index contributed by atoms with van der Waals surface area (Å²) in [7, 11) is 0. The standard InChI is InChI=1S/C14H11FO2/c1-9-7-10(5-6-13(9)15)12-4-2-3-11(8-16)14(12)17/h2-8,17H,1H3. The van der Waals surface area contributed by atoms with Crippen molar-refractivity contribution in [1.29, 1.82) is 0 Å². The van der Waals surface area contributed by atoms with E-state index in [1.807, 2.05) is 0 Å². The molecule has 0 heterocycles. The molecule has 86 valence electrons. The van der Waals surface area contributed by atoms with E-state index >= 15 is 0 Å². The normalized spacial score (nSPS) is 10.2. The van der Waals surface area contributed by atoms with Crippen molar-refractivity contribution in [2.45, 2.75) is 6.92 Å². The molecule has 2 aromatic carbocycles. The second-order valence-corrected chi connectivity index (χ2v) is 3.83. The predicted molar refractivity (Wildman–Crippen MR) is 63.6 cm³/mol. The molecule has 0 aromatic heterocycles. The number of benzene rings is 2. The molecule has 0 radical (unpaired) electrons. The van der Waals surface area contributed by atoms with Gasteiger partial charge in [-0.15, -0.1) is 0 Å². The molecule has 2 nitrogen and oxygen atoms in total. The maximum absolute atomic E-state index is 13.1. The van der Waals surface area contributed by atoms with Crippen LogP contribution in [-0.2, 0) is 0 Å². The molecule has 0 amide bonds. The molecule has 0 fully saturated rings. The Kier molecular flexibility index (Phi) is 2.91. The van der Waals surface area contributed by atoms with Crippen molar-refractivity contribution in [3.63, 3.8) is 0 Å². The second kappa shape index (κ2) is 4.37. The van der Waals surface area contributed by atoms with E-state index in [9.17, 15) is 14.3 Å². The number of phenolic OH excluding ortho intramolecular Hbond substituents is 1. The van der Waals surface area contributed by atoms with E-state index in [0.717, 1.165) is 0 Å². The second-order valence-electron chi connectivity index (χ2n) is 3.83. The minimum Gasteiger partial charge on any atom is -0.507 e. The SMILES string of the molecule is Cc1cc(-c2cccc(C=O)c2O)ccc1F. The van der Waals surface area contributed by atoms with Crippen molar-refractivity contribution in [3.05, 3.63) is 53.3 Å². The number of aromatic hydroxyl groups is 1. The molecule has 0 unspecified atom stereocenters. The van der Waals surface area contributed by atoms with Crippen LogP contribution in [0.2, 0.25) is 0 Å². The van der Waals surface area contributed by atoms with Crippen molar-refractivity contribution in [1.82, 2.24) is 0 Å². The van der Waals surface area contributed by atoms with E-state index in [1.54, 1.807) is 31.2 Å². The molecule has 0 atom stereocenters. The van der Waals surface area contributed by atoms with Crippen LogP contribution in [0.15, 0.2) is 36.4 Å². The molecule has 0 spiro atoms. The quantitative estimate of drug-likeness (QED) is 0.803. The molecule has 0 aliphatic rings. The molecular formula is C14H11FO2. The van der Waals surface area contributed by atoms with Crippen LogP contribution < -0.4 is 0 Å². The minimum atomic E-state index is -0.292. The summed E-state index contributed by atoms with van der Waals surface area (Å²) in [4.78, 5) is 10.7. The maximum Gasteiger partial charge on any atom is 0.153 e. The summed E-state index contributed by atoms with van der Waals surface area (Å²) < 4.78 is 13.1. The fraction of sp³-hybridized carbons (Fsp3) is 0.0714. The highest BCUT2D eigenvalue weighted by Crippen LogP contribution is 2.32. The number of carbonyl (C=O) groups is 1. The summed E-state index contributed by atoms with van der Waals surface area (Å²) in [6.07, 6.45) is 0.592. The first-order chi connectivity index (χ1) is 8.13. The molecule has 0 bridgehead atoms. The summed E-state index contributed by atoms with van der Waals surface area (Å²) in [5.41, 5.74) is 1.94. The number of aldehydes is 1. The van der Waals surface area contributed by atoms with Gasteiger partial charge in [0.25, 0.3) is 0 Å². The third-order valence-corrected chi connectivity index (χ3v) is 2.66. The number of halogens is 1. The number of rotatable bonds is 2. The lowest BCUT2D eigenvalue weighted by atomic mass is 10.00. The van der Waals surface area contributed by atoms with Gasteiger partial charge in [0.2, 0.25) is 0 Å². The molecule has 0 saturated heterocycles. The summed E-state index contributed by atoms with van der Waals surface area (Å²) in [5.74, 6) is -0.367. The molecule has 3 heteroatoms. The van der Waals surface area contributed by atoms with Crippen molar-refractivity contribution in [2.75, 3.05) is 0 Å². The molecular weight excluding hydrogens is 219 g/mol. The minimum absolute atomic E-state index is 0.0755. The maximum atomic E-state index is 13.1. The molecule has 2 aromatic rings. The van der Waals surface area contributed by atoms with Gasteiger partial charge in [0.05, 0.1) is 5.56 Å². The largest absolute Gasteiger partial charge is 0.507 e. The summed E-state index contributed by atoms with van der Waals surface area (Å²) in [6, 6.07) is 9.46. The summed E-state index contributed by atoms with van der Waals surface area (Å²) in [6.45, 7) is 1.65. The van der Waals surface area contributed by atoms with Crippen LogP contribution in [0.25, 0.3) is 11.1 Å². The van der Waals surface area contributed by atoms with Crippen LogP contribution in [0.5, 0.6) is 5.75 Å². The van der Waals surface area contributed by atoms with Crippen molar-refractivity contribution < 1.29 is 14.3 Å². The highest BCUT2D eigenvalue weighted by Gasteiger charge is 2.09. The first-order valence-electron chi connectivity index (χ1n) is 5.17. The Labute approximate surface area is 98.3 Å². The smallest absolute Gasteiger partial charge is 0.153 e. The molecule has 2 rings (SSSR count). The number of aryl methyl sites for hydroxylation is 1. The third kappa shape index (κ3) is 2.04. The highest BCUT2D eigenvalue weighted by atomic mass is 19.1. The molecule has 0 aliphatic carbocycles. The lowest BCUT2D eigenvalue weighted by Gasteiger charge is -2.07. The third-order valence-electron chi connectivity index (χ3n) is 2.66. The van der Waals surface area contributed by atoms with Gasteiger partial charge in [0.15, 0.2) is 6.29 Å². The van der Waals surface area contributed by atoms with Gasteiger partial charge in [-0.2, -0.15) is 0 Å². The van der Waals surface area contributed by atoms with E-state index < -0.39 is 0 Å². The average Bonchev–Trinajstić information content (AvgIpc) is 2.33. The van der Waals surface area contributed by atoms with Gasteiger partial charge >= 0.3 is 0 Å². The zero-order chi connectivity index (χ0) is 12.4. The fourth-order valence-electron chi connectivity index (χ4n) is 1.70. The first-order valence-corrected chi connectivity index (χ1v) is 5.17. The van der Waals surface area contributed by atoms with Crippen LogP contribution >= 0.6 is 0 Å². The van der Waals surface area contributed by atoms with E-state index in [-0.39, 0.29) is 17.1 Å². The lowest BCUT2D eigenvalue weighted by Crippen LogP contribution is -1.88. The summed E-state index contributed by atoms with van der Waals surface area (Å²) in [5, 5.41) is 9.88. The Morgan fingerprint density at radius 1 is 1.24 bits per heavy atom. The fourth-order valence-corrected chi connectivity index (χ4v) is 1.70. The van der Waals surface area contributed by atoms with Gasteiger partial charge in [-0.1, -0.05) is 18.2 Å². The predicted octanol–water partition coefficient (Wildman–Crippen LogP) is 3.32. The van der Waals surface area contributed by atoms with Crippen LogP contribution in [-0.4, -0.2) is 11.4 Å². The zero-order valence-electron chi connectivity index (χ0n) is 9.27. The van der Waals surface area contributed by atoms with E-state index in [4.69, 9.17) is 0 Å². The number of hydrogen-bond acceptors (Lipinski definition) is 2. The van der Waals surface area contributed by atoms with E-state index in [1.165, 1.54) is 12.1 Å². The van der Waals surface area contributed by atoms with Crippen LogP contribution in [0.1, 0.15) is 15.9 Å². The van der Waals surface area contributed by atoms with Crippen molar-refractivity contribution in [3.8, 4) is 16.9 Å². The Bertz CT molecular complexity index is 576. The number of phenols is 1. The van der Waals surface area contributed by atoms with Crippen molar-refractivity contribution >= 4 is 6.29 Å². The molecule has 17 heavy (non-hydrogen) atoms. The number of hydrogen-bond donors (Lipinski definition) is 1. The first kappa shape index (κ1) is 11.3.